The van der Waals surface area contributed by atoms with Gasteiger partial charge in [0.15, 0.2) is 5.84 Å². The van der Waals surface area contributed by atoms with Crippen LogP contribution in [0.15, 0.2) is 23.3 Å². The Balaban J connectivity index is 1.53. The van der Waals surface area contributed by atoms with Crippen molar-refractivity contribution in [1.29, 1.82) is 0 Å². The van der Waals surface area contributed by atoms with Crippen LogP contribution in [0.3, 0.4) is 0 Å². The highest BCUT2D eigenvalue weighted by atomic mass is 16.5. The highest BCUT2D eigenvalue weighted by molar-refractivity contribution is 6.09. The summed E-state index contributed by atoms with van der Waals surface area (Å²) in [6, 6.07) is 6.41. The Bertz CT molecular complexity index is 696. The summed E-state index contributed by atoms with van der Waals surface area (Å²) in [5, 5.41) is 11.0. The summed E-state index contributed by atoms with van der Waals surface area (Å²) in [4.78, 5) is 14.4. The van der Waals surface area contributed by atoms with Crippen LogP contribution in [-0.4, -0.2) is 43.5 Å². The number of fused-ring (bicyclic) bond motifs is 3. The van der Waals surface area contributed by atoms with Gasteiger partial charge in [0.2, 0.25) is 0 Å². The number of benzene rings is 1. The lowest BCUT2D eigenvalue weighted by atomic mass is 10.1. The van der Waals surface area contributed by atoms with E-state index in [4.69, 9.17) is 4.74 Å². The third-order valence-electron chi connectivity index (χ3n) is 4.92. The molecule has 7 nitrogen and oxygen atoms in total. The third kappa shape index (κ3) is 2.15. The zero-order valence-electron chi connectivity index (χ0n) is 12.7. The number of ether oxygens (including phenoxy) is 1. The number of nitrogens with one attached hydrogen (secondary N) is 3. The molecule has 3 N–H and O–H groups in total. The fourth-order valence-electron chi connectivity index (χ4n) is 3.43. The van der Waals surface area contributed by atoms with E-state index in [0.29, 0.717) is 18.6 Å². The van der Waals surface area contributed by atoms with Crippen LogP contribution in [0.1, 0.15) is 12.8 Å². The minimum absolute atomic E-state index is 0.00865. The number of amides is 1. The van der Waals surface area contributed by atoms with E-state index in [1.54, 1.807) is 0 Å². The molecule has 1 amide bonds. The molecule has 1 aliphatic carbocycles. The zero-order valence-corrected chi connectivity index (χ0v) is 12.7. The Morgan fingerprint density at radius 2 is 2.17 bits per heavy atom. The average molecular weight is 313 g/mol. The zero-order chi connectivity index (χ0) is 15.4. The smallest absolute Gasteiger partial charge is 0.263 e. The molecule has 7 heteroatoms. The highest BCUT2D eigenvalue weighted by Crippen LogP contribution is 2.43. The predicted octanol–water partition coefficient (Wildman–Crippen LogP) is 0.491. The maximum absolute atomic E-state index is 12.3. The van der Waals surface area contributed by atoms with Crippen LogP contribution in [0.2, 0.25) is 0 Å². The monoisotopic (exact) mass is 313 g/mol. The molecule has 1 atom stereocenters. The van der Waals surface area contributed by atoms with Gasteiger partial charge in [0.1, 0.15) is 18.4 Å². The van der Waals surface area contributed by atoms with Crippen molar-refractivity contribution in [2.45, 2.75) is 24.9 Å². The van der Waals surface area contributed by atoms with Crippen molar-refractivity contribution in [1.82, 2.24) is 10.7 Å². The molecule has 1 aromatic rings. The molecule has 1 unspecified atom stereocenters. The van der Waals surface area contributed by atoms with Gasteiger partial charge in [0.05, 0.1) is 11.7 Å². The minimum Gasteiger partial charge on any atom is -0.483 e. The number of hydrogen-bond acceptors (Lipinski definition) is 6. The molecule has 0 bridgehead atoms. The van der Waals surface area contributed by atoms with Crippen LogP contribution in [0, 0.1) is 5.92 Å². The number of hydrogen-bond donors (Lipinski definition) is 3. The number of carbonyl (C=O) groups is 1. The first-order valence-corrected chi connectivity index (χ1v) is 8.19. The van der Waals surface area contributed by atoms with Crippen molar-refractivity contribution < 1.29 is 9.53 Å². The number of carbonyl (C=O) groups excluding carboxylic acids is 1. The summed E-state index contributed by atoms with van der Waals surface area (Å²) < 4.78 is 5.81. The van der Waals surface area contributed by atoms with Crippen molar-refractivity contribution in [2.24, 2.45) is 11.0 Å². The van der Waals surface area contributed by atoms with Crippen molar-refractivity contribution >= 4 is 23.1 Å². The van der Waals surface area contributed by atoms with Crippen molar-refractivity contribution in [2.75, 3.05) is 29.9 Å². The first kappa shape index (κ1) is 13.2. The third-order valence-corrected chi connectivity index (χ3v) is 4.92. The van der Waals surface area contributed by atoms with Crippen LogP contribution in [0.25, 0.3) is 0 Å². The topological polar surface area (TPSA) is 78.0 Å². The van der Waals surface area contributed by atoms with Gasteiger partial charge < -0.3 is 20.3 Å². The van der Waals surface area contributed by atoms with Gasteiger partial charge in [-0.05, 0) is 37.0 Å². The second kappa shape index (κ2) is 4.86. The molecule has 0 aromatic heterocycles. The summed E-state index contributed by atoms with van der Waals surface area (Å²) in [7, 11) is 0. The highest BCUT2D eigenvalue weighted by Gasteiger charge is 2.46. The largest absolute Gasteiger partial charge is 0.483 e. The molecule has 23 heavy (non-hydrogen) atoms. The van der Waals surface area contributed by atoms with E-state index in [9.17, 15) is 4.79 Å². The molecule has 1 aromatic carbocycles. The summed E-state index contributed by atoms with van der Waals surface area (Å²) in [5.74, 6) is 2.02. The molecule has 3 aliphatic heterocycles. The Labute approximate surface area is 134 Å². The normalized spacial score (nSPS) is 26.3. The lowest BCUT2D eigenvalue weighted by Gasteiger charge is -2.40. The van der Waals surface area contributed by atoms with Crippen molar-refractivity contribution in [3.63, 3.8) is 0 Å². The molecule has 3 heterocycles. The first-order chi connectivity index (χ1) is 11.3. The van der Waals surface area contributed by atoms with Gasteiger partial charge in [0, 0.05) is 18.8 Å². The maximum Gasteiger partial charge on any atom is 0.263 e. The molecule has 2 fully saturated rings. The van der Waals surface area contributed by atoms with Crippen LogP contribution >= 0.6 is 0 Å². The van der Waals surface area contributed by atoms with E-state index in [1.807, 2.05) is 12.1 Å². The van der Waals surface area contributed by atoms with Crippen molar-refractivity contribution in [3.8, 4) is 5.75 Å². The van der Waals surface area contributed by atoms with E-state index in [0.717, 1.165) is 48.9 Å². The molecule has 120 valence electrons. The van der Waals surface area contributed by atoms with Crippen LogP contribution in [0.4, 0.5) is 11.4 Å². The molecule has 1 saturated heterocycles. The van der Waals surface area contributed by atoms with Gasteiger partial charge in [0.25, 0.3) is 5.91 Å². The number of anilines is 2. The molecule has 4 aliphatic rings. The second-order valence-corrected chi connectivity index (χ2v) is 6.63. The summed E-state index contributed by atoms with van der Waals surface area (Å²) >= 11 is 0. The Kier molecular flexibility index (Phi) is 2.78. The molecule has 5 rings (SSSR count). The SMILES string of the molecule is O=C1NN=C2COc3ccc(NC4CNC4)cc3N2C1C1CC1. The lowest BCUT2D eigenvalue weighted by molar-refractivity contribution is -0.123. The maximum atomic E-state index is 12.3. The van der Waals surface area contributed by atoms with Gasteiger partial charge >= 0.3 is 0 Å². The molecule has 1 saturated carbocycles. The minimum atomic E-state index is -0.161. The van der Waals surface area contributed by atoms with E-state index in [1.165, 1.54) is 0 Å². The van der Waals surface area contributed by atoms with Gasteiger partial charge in [-0.15, -0.1) is 0 Å². The second-order valence-electron chi connectivity index (χ2n) is 6.63. The summed E-state index contributed by atoms with van der Waals surface area (Å²) in [6.07, 6.45) is 2.20. The number of nitrogens with zero attached hydrogens (tertiary/aromatic N) is 2. The summed E-state index contributed by atoms with van der Waals surface area (Å²) in [5.41, 5.74) is 4.65. The van der Waals surface area contributed by atoms with Crippen LogP contribution in [0.5, 0.6) is 5.75 Å². The fraction of sp³-hybridized carbons (Fsp3) is 0.500. The van der Waals surface area contributed by atoms with Gasteiger partial charge in [-0.25, -0.2) is 5.43 Å². The Morgan fingerprint density at radius 3 is 2.91 bits per heavy atom. The van der Waals surface area contributed by atoms with Gasteiger partial charge in [-0.3, -0.25) is 4.79 Å². The van der Waals surface area contributed by atoms with E-state index in [2.05, 4.69) is 32.1 Å². The summed E-state index contributed by atoms with van der Waals surface area (Å²) in [6.45, 7) is 2.37. The molecular weight excluding hydrogens is 294 g/mol. The van der Waals surface area contributed by atoms with Gasteiger partial charge in [-0.2, -0.15) is 5.10 Å². The van der Waals surface area contributed by atoms with Crippen LogP contribution in [-0.2, 0) is 4.79 Å². The standard InChI is InChI=1S/C16H19N5O2/c22-16-15(9-1-2-9)21-12-5-10(18-11-6-17-7-11)3-4-13(12)23-8-14(21)19-20-16/h3-5,9,11,15,17-18H,1-2,6-8H2,(H,20,22). The Hall–Kier alpha value is -2.28. The molecule has 0 spiro atoms. The number of hydrazone groups is 1. The average Bonchev–Trinajstić information content (AvgIpc) is 3.35. The van der Waals surface area contributed by atoms with E-state index in [-0.39, 0.29) is 11.9 Å². The quantitative estimate of drug-likeness (QED) is 0.757. The van der Waals surface area contributed by atoms with E-state index >= 15 is 0 Å². The number of amidine groups is 1. The lowest BCUT2D eigenvalue weighted by Crippen LogP contribution is -2.57. The Morgan fingerprint density at radius 1 is 1.30 bits per heavy atom. The molecule has 0 radical (unpaired) electrons. The van der Waals surface area contributed by atoms with Crippen LogP contribution < -0.4 is 25.7 Å². The predicted molar refractivity (Wildman–Crippen MR) is 86.8 cm³/mol. The van der Waals surface area contributed by atoms with Gasteiger partial charge in [-0.1, -0.05) is 0 Å². The first-order valence-electron chi connectivity index (χ1n) is 8.19. The van der Waals surface area contributed by atoms with Crippen molar-refractivity contribution in [3.05, 3.63) is 18.2 Å². The molecular formula is C16H19N5O2. The number of rotatable bonds is 3. The fourth-order valence-corrected chi connectivity index (χ4v) is 3.43. The van der Waals surface area contributed by atoms with E-state index < -0.39 is 0 Å².